The molecule has 0 bridgehead atoms. The van der Waals surface area contributed by atoms with E-state index in [1.807, 2.05) is 0 Å². The molecule has 0 aromatic heterocycles. The molecule has 1 aliphatic heterocycles. The summed E-state index contributed by atoms with van der Waals surface area (Å²) in [4.78, 5) is 2.47. The molecule has 102 valence electrons. The fraction of sp³-hybridized carbons (Fsp3) is 0.263. The van der Waals surface area contributed by atoms with Crippen molar-refractivity contribution in [3.05, 3.63) is 77.9 Å². The van der Waals surface area contributed by atoms with Crippen LogP contribution in [0, 0.1) is 0 Å². The third-order valence-electron chi connectivity index (χ3n) is 4.28. The normalized spacial score (nSPS) is 17.6. The molecule has 1 atom stereocenters. The van der Waals surface area contributed by atoms with E-state index in [1.54, 1.807) is 0 Å². The number of rotatable bonds is 3. The summed E-state index contributed by atoms with van der Waals surface area (Å²) < 4.78 is 0. The van der Waals surface area contributed by atoms with Crippen LogP contribution < -0.4 is 0 Å². The van der Waals surface area contributed by atoms with E-state index in [-0.39, 0.29) is 0 Å². The molecule has 0 saturated heterocycles. The maximum Gasteiger partial charge on any atom is 0.0435 e. The Morgan fingerprint density at radius 1 is 1.05 bits per heavy atom. The minimum Gasteiger partial charge on any atom is -0.364 e. The van der Waals surface area contributed by atoms with Gasteiger partial charge in [-0.15, -0.1) is 0 Å². The summed E-state index contributed by atoms with van der Waals surface area (Å²) >= 11 is 0. The zero-order chi connectivity index (χ0) is 13.9. The van der Waals surface area contributed by atoms with Gasteiger partial charge in [-0.05, 0) is 29.5 Å². The summed E-state index contributed by atoms with van der Waals surface area (Å²) in [6, 6.07) is 19.9. The first-order valence-corrected chi connectivity index (χ1v) is 7.37. The van der Waals surface area contributed by atoms with E-state index in [0.29, 0.717) is 6.04 Å². The van der Waals surface area contributed by atoms with Gasteiger partial charge in [-0.2, -0.15) is 0 Å². The van der Waals surface area contributed by atoms with Crippen LogP contribution >= 0.6 is 0 Å². The summed E-state index contributed by atoms with van der Waals surface area (Å²) in [5.74, 6) is 0. The minimum absolute atomic E-state index is 0.553. The van der Waals surface area contributed by atoms with Gasteiger partial charge in [-0.1, -0.05) is 68.1 Å². The first-order chi connectivity index (χ1) is 9.79. The second-order valence-corrected chi connectivity index (χ2v) is 5.48. The Hall–Kier alpha value is -2.02. The highest BCUT2D eigenvalue weighted by molar-refractivity contribution is 5.62. The van der Waals surface area contributed by atoms with Crippen LogP contribution in [0.25, 0.3) is 5.70 Å². The molecule has 0 radical (unpaired) electrons. The lowest BCUT2D eigenvalue weighted by Gasteiger charge is -2.39. The molecular weight excluding hydrogens is 242 g/mol. The van der Waals surface area contributed by atoms with Gasteiger partial charge in [0.05, 0.1) is 0 Å². The van der Waals surface area contributed by atoms with Gasteiger partial charge in [-0.3, -0.25) is 0 Å². The third-order valence-corrected chi connectivity index (χ3v) is 4.28. The number of hydrogen-bond donors (Lipinski definition) is 0. The summed E-state index contributed by atoms with van der Waals surface area (Å²) in [5.41, 5.74) is 5.31. The summed E-state index contributed by atoms with van der Waals surface area (Å²) in [6.45, 7) is 7.59. The molecule has 0 amide bonds. The van der Waals surface area contributed by atoms with Crippen LogP contribution in [0.4, 0.5) is 0 Å². The topological polar surface area (TPSA) is 3.24 Å². The molecule has 0 aliphatic carbocycles. The lowest BCUT2D eigenvalue weighted by Crippen LogP contribution is -2.38. The van der Waals surface area contributed by atoms with Crippen molar-refractivity contribution in [2.45, 2.75) is 32.4 Å². The maximum absolute atomic E-state index is 4.35. The van der Waals surface area contributed by atoms with E-state index < -0.39 is 0 Å². The van der Waals surface area contributed by atoms with Crippen LogP contribution in [0.3, 0.4) is 0 Å². The Bertz CT molecular complexity index is 600. The number of hydrogen-bond acceptors (Lipinski definition) is 1. The molecule has 1 aliphatic rings. The van der Waals surface area contributed by atoms with E-state index in [0.717, 1.165) is 25.1 Å². The first-order valence-electron chi connectivity index (χ1n) is 7.37. The molecule has 2 aromatic carbocycles. The zero-order valence-corrected chi connectivity index (χ0v) is 12.0. The highest BCUT2D eigenvalue weighted by Crippen LogP contribution is 2.31. The van der Waals surface area contributed by atoms with E-state index in [9.17, 15) is 0 Å². The van der Waals surface area contributed by atoms with Gasteiger partial charge in [0.25, 0.3) is 0 Å². The molecule has 0 fully saturated rings. The molecule has 0 spiro atoms. The molecule has 1 heteroatoms. The van der Waals surface area contributed by atoms with Crippen LogP contribution in [0.2, 0.25) is 0 Å². The Kier molecular flexibility index (Phi) is 3.60. The lowest BCUT2D eigenvalue weighted by molar-refractivity contribution is 0.258. The molecule has 20 heavy (non-hydrogen) atoms. The summed E-state index contributed by atoms with van der Waals surface area (Å²) in [6.07, 6.45) is 2.28. The standard InChI is InChI=1S/C19H21N/c1-3-19-13-17-11-7-8-12-18(17)14-20(19)15(2)16-9-5-4-6-10-16/h4-12,19H,2-3,13-14H2,1H3. The molecular formula is C19H21N. The quantitative estimate of drug-likeness (QED) is 0.788. The number of fused-ring (bicyclic) bond motifs is 1. The van der Waals surface area contributed by atoms with Crippen LogP contribution in [0.15, 0.2) is 61.2 Å². The van der Waals surface area contributed by atoms with Gasteiger partial charge in [0.1, 0.15) is 0 Å². The third kappa shape index (κ3) is 2.36. The molecule has 1 unspecified atom stereocenters. The average molecular weight is 263 g/mol. The van der Waals surface area contributed by atoms with Crippen molar-refractivity contribution in [2.24, 2.45) is 0 Å². The van der Waals surface area contributed by atoms with E-state index >= 15 is 0 Å². The Labute approximate surface area is 121 Å². The second kappa shape index (κ2) is 5.54. The van der Waals surface area contributed by atoms with Crippen molar-refractivity contribution in [3.8, 4) is 0 Å². The van der Waals surface area contributed by atoms with Gasteiger partial charge >= 0.3 is 0 Å². The Morgan fingerprint density at radius 3 is 2.40 bits per heavy atom. The molecule has 0 N–H and O–H groups in total. The summed E-state index contributed by atoms with van der Waals surface area (Å²) in [7, 11) is 0. The van der Waals surface area contributed by atoms with E-state index in [1.165, 1.54) is 16.7 Å². The molecule has 2 aromatic rings. The van der Waals surface area contributed by atoms with Crippen molar-refractivity contribution in [2.75, 3.05) is 0 Å². The van der Waals surface area contributed by atoms with Crippen LogP contribution in [-0.2, 0) is 13.0 Å². The van der Waals surface area contributed by atoms with Gasteiger partial charge < -0.3 is 4.90 Å². The van der Waals surface area contributed by atoms with E-state index in [2.05, 4.69) is 73.0 Å². The van der Waals surface area contributed by atoms with Crippen molar-refractivity contribution >= 4 is 5.70 Å². The predicted octanol–water partition coefficient (Wildman–Crippen LogP) is 4.49. The number of benzene rings is 2. The van der Waals surface area contributed by atoms with Crippen LogP contribution in [0.1, 0.15) is 30.0 Å². The van der Waals surface area contributed by atoms with Gasteiger partial charge in [0, 0.05) is 18.3 Å². The van der Waals surface area contributed by atoms with Gasteiger partial charge in [0.2, 0.25) is 0 Å². The Morgan fingerprint density at radius 2 is 1.70 bits per heavy atom. The van der Waals surface area contributed by atoms with Crippen molar-refractivity contribution in [3.63, 3.8) is 0 Å². The zero-order valence-electron chi connectivity index (χ0n) is 12.0. The highest BCUT2D eigenvalue weighted by atomic mass is 15.2. The summed E-state index contributed by atoms with van der Waals surface area (Å²) in [5, 5.41) is 0. The Balaban J connectivity index is 1.91. The van der Waals surface area contributed by atoms with Crippen LogP contribution in [-0.4, -0.2) is 10.9 Å². The largest absolute Gasteiger partial charge is 0.364 e. The second-order valence-electron chi connectivity index (χ2n) is 5.48. The van der Waals surface area contributed by atoms with Crippen molar-refractivity contribution < 1.29 is 0 Å². The predicted molar refractivity (Wildman–Crippen MR) is 85.2 cm³/mol. The monoisotopic (exact) mass is 263 g/mol. The first kappa shape index (κ1) is 13.0. The van der Waals surface area contributed by atoms with Crippen molar-refractivity contribution in [1.82, 2.24) is 4.90 Å². The molecule has 0 saturated carbocycles. The van der Waals surface area contributed by atoms with Gasteiger partial charge in [0.15, 0.2) is 0 Å². The fourth-order valence-corrected chi connectivity index (χ4v) is 3.06. The molecule has 1 nitrogen and oxygen atoms in total. The average Bonchev–Trinajstić information content (AvgIpc) is 2.53. The van der Waals surface area contributed by atoms with Crippen molar-refractivity contribution in [1.29, 1.82) is 0 Å². The van der Waals surface area contributed by atoms with Crippen LogP contribution in [0.5, 0.6) is 0 Å². The van der Waals surface area contributed by atoms with E-state index in [4.69, 9.17) is 0 Å². The maximum atomic E-state index is 4.35. The molecule has 1 heterocycles. The number of nitrogens with zero attached hydrogens (tertiary/aromatic N) is 1. The molecule has 3 rings (SSSR count). The lowest BCUT2D eigenvalue weighted by atomic mass is 9.91. The highest BCUT2D eigenvalue weighted by Gasteiger charge is 2.25. The fourth-order valence-electron chi connectivity index (χ4n) is 3.06. The minimum atomic E-state index is 0.553. The van der Waals surface area contributed by atoms with Gasteiger partial charge in [-0.25, -0.2) is 0 Å². The smallest absolute Gasteiger partial charge is 0.0435 e. The SMILES string of the molecule is C=C(c1ccccc1)N1Cc2ccccc2CC1CC.